The highest BCUT2D eigenvalue weighted by Gasteiger charge is 2.04. The Hall–Kier alpha value is -1.26. The smallest absolute Gasteiger partial charge is 0.257 e. The molecule has 0 atom stereocenters. The molecular formula is C13H19ClN2O2. The number of hydrogen-bond donors (Lipinski definition) is 2. The van der Waals surface area contributed by atoms with E-state index < -0.39 is 0 Å². The second kappa shape index (κ2) is 8.78. The molecule has 0 spiro atoms. The maximum Gasteiger partial charge on any atom is 0.257 e. The molecule has 0 saturated carbocycles. The molecule has 18 heavy (non-hydrogen) atoms. The number of carbonyl (C=O) groups is 1. The fourth-order valence-electron chi connectivity index (χ4n) is 1.35. The van der Waals surface area contributed by atoms with E-state index in [1.54, 1.807) is 12.1 Å². The van der Waals surface area contributed by atoms with Crippen molar-refractivity contribution in [2.45, 2.75) is 13.3 Å². The fourth-order valence-corrected chi connectivity index (χ4v) is 1.54. The second-order valence-corrected chi connectivity index (χ2v) is 4.23. The van der Waals surface area contributed by atoms with Crippen LogP contribution < -0.4 is 15.4 Å². The largest absolute Gasteiger partial charge is 0.482 e. The lowest BCUT2D eigenvalue weighted by Crippen LogP contribution is -2.35. The number of nitrogens with one attached hydrogen (secondary N) is 2. The van der Waals surface area contributed by atoms with Crippen LogP contribution in [-0.2, 0) is 4.79 Å². The van der Waals surface area contributed by atoms with Gasteiger partial charge in [-0.05, 0) is 25.1 Å². The number of benzene rings is 1. The molecule has 100 valence electrons. The molecule has 2 N–H and O–H groups in total. The summed E-state index contributed by atoms with van der Waals surface area (Å²) >= 11 is 5.90. The van der Waals surface area contributed by atoms with Gasteiger partial charge in [0.05, 0.1) is 5.02 Å². The van der Waals surface area contributed by atoms with Crippen LogP contribution in [0.15, 0.2) is 24.3 Å². The first-order valence-electron chi connectivity index (χ1n) is 6.08. The Labute approximate surface area is 113 Å². The van der Waals surface area contributed by atoms with Gasteiger partial charge in [0, 0.05) is 13.1 Å². The highest BCUT2D eigenvalue weighted by molar-refractivity contribution is 6.32. The van der Waals surface area contributed by atoms with Gasteiger partial charge in [0.25, 0.3) is 5.91 Å². The molecular weight excluding hydrogens is 252 g/mol. The van der Waals surface area contributed by atoms with E-state index in [4.69, 9.17) is 16.3 Å². The van der Waals surface area contributed by atoms with Crippen LogP contribution in [0.2, 0.25) is 5.02 Å². The molecule has 4 nitrogen and oxygen atoms in total. The Balaban J connectivity index is 2.15. The zero-order valence-electron chi connectivity index (χ0n) is 10.5. The summed E-state index contributed by atoms with van der Waals surface area (Å²) < 4.78 is 5.31. The van der Waals surface area contributed by atoms with E-state index in [2.05, 4.69) is 17.6 Å². The van der Waals surface area contributed by atoms with Crippen LogP contribution in [0.25, 0.3) is 0 Å². The van der Waals surface area contributed by atoms with Crippen LogP contribution in [0.5, 0.6) is 5.75 Å². The van der Waals surface area contributed by atoms with Gasteiger partial charge in [-0.3, -0.25) is 4.79 Å². The number of hydrogen-bond acceptors (Lipinski definition) is 3. The third-order valence-electron chi connectivity index (χ3n) is 2.25. The SMILES string of the molecule is CCCNCCNC(=O)COc1ccccc1Cl. The van der Waals surface area contributed by atoms with Crippen molar-refractivity contribution in [1.29, 1.82) is 0 Å². The number of halogens is 1. The van der Waals surface area contributed by atoms with Crippen LogP contribution in [-0.4, -0.2) is 32.1 Å². The van der Waals surface area contributed by atoms with Crippen molar-refractivity contribution >= 4 is 17.5 Å². The third kappa shape index (κ3) is 5.89. The molecule has 1 amide bonds. The van der Waals surface area contributed by atoms with Gasteiger partial charge < -0.3 is 15.4 Å². The van der Waals surface area contributed by atoms with Gasteiger partial charge >= 0.3 is 0 Å². The van der Waals surface area contributed by atoms with E-state index in [0.29, 0.717) is 17.3 Å². The van der Waals surface area contributed by atoms with E-state index in [9.17, 15) is 4.79 Å². The Kier molecular flexibility index (Phi) is 7.22. The van der Waals surface area contributed by atoms with Crippen molar-refractivity contribution in [3.63, 3.8) is 0 Å². The molecule has 0 aliphatic carbocycles. The molecule has 0 heterocycles. The summed E-state index contributed by atoms with van der Waals surface area (Å²) in [6.45, 7) is 4.42. The number of ether oxygens (including phenoxy) is 1. The van der Waals surface area contributed by atoms with Gasteiger partial charge in [-0.15, -0.1) is 0 Å². The fraction of sp³-hybridized carbons (Fsp3) is 0.462. The predicted octanol–water partition coefficient (Wildman–Crippen LogP) is 1.83. The monoisotopic (exact) mass is 270 g/mol. The molecule has 1 aromatic rings. The van der Waals surface area contributed by atoms with E-state index in [1.165, 1.54) is 0 Å². The number of rotatable bonds is 8. The highest BCUT2D eigenvalue weighted by atomic mass is 35.5. The number of carbonyl (C=O) groups excluding carboxylic acids is 1. The molecule has 0 radical (unpaired) electrons. The number of amides is 1. The summed E-state index contributed by atoms with van der Waals surface area (Å²) in [4.78, 5) is 11.5. The first-order chi connectivity index (χ1) is 8.74. The molecule has 0 aromatic heterocycles. The van der Waals surface area contributed by atoms with Crippen molar-refractivity contribution in [3.8, 4) is 5.75 Å². The molecule has 0 aliphatic heterocycles. The summed E-state index contributed by atoms with van der Waals surface area (Å²) in [5.41, 5.74) is 0. The van der Waals surface area contributed by atoms with Crippen molar-refractivity contribution in [2.75, 3.05) is 26.2 Å². The van der Waals surface area contributed by atoms with E-state index >= 15 is 0 Å². The minimum atomic E-state index is -0.145. The van der Waals surface area contributed by atoms with Crippen molar-refractivity contribution < 1.29 is 9.53 Å². The summed E-state index contributed by atoms with van der Waals surface area (Å²) in [7, 11) is 0. The molecule has 0 bridgehead atoms. The lowest BCUT2D eigenvalue weighted by Gasteiger charge is -2.08. The molecule has 0 unspecified atom stereocenters. The maximum atomic E-state index is 11.5. The zero-order chi connectivity index (χ0) is 13.2. The van der Waals surface area contributed by atoms with Crippen LogP contribution in [0, 0.1) is 0 Å². The third-order valence-corrected chi connectivity index (χ3v) is 2.56. The summed E-state index contributed by atoms with van der Waals surface area (Å²) in [6.07, 6.45) is 1.09. The van der Waals surface area contributed by atoms with Gasteiger partial charge in [0.15, 0.2) is 6.61 Å². The minimum Gasteiger partial charge on any atom is -0.482 e. The Morgan fingerprint density at radius 3 is 2.78 bits per heavy atom. The molecule has 0 saturated heterocycles. The van der Waals surface area contributed by atoms with E-state index in [-0.39, 0.29) is 12.5 Å². The van der Waals surface area contributed by atoms with Crippen molar-refractivity contribution in [2.24, 2.45) is 0 Å². The highest BCUT2D eigenvalue weighted by Crippen LogP contribution is 2.22. The molecule has 0 aliphatic rings. The Morgan fingerprint density at radius 2 is 2.06 bits per heavy atom. The quantitative estimate of drug-likeness (QED) is 0.709. The van der Waals surface area contributed by atoms with Crippen molar-refractivity contribution in [3.05, 3.63) is 29.3 Å². The van der Waals surface area contributed by atoms with E-state index in [1.807, 2.05) is 12.1 Å². The summed E-state index contributed by atoms with van der Waals surface area (Å²) in [5, 5.41) is 6.47. The molecule has 0 fully saturated rings. The van der Waals surface area contributed by atoms with Gasteiger partial charge in [-0.1, -0.05) is 30.7 Å². The lowest BCUT2D eigenvalue weighted by molar-refractivity contribution is -0.123. The summed E-state index contributed by atoms with van der Waals surface area (Å²) in [5.74, 6) is 0.381. The normalized spacial score (nSPS) is 10.1. The molecule has 1 aromatic carbocycles. The van der Waals surface area contributed by atoms with Crippen molar-refractivity contribution in [1.82, 2.24) is 10.6 Å². The zero-order valence-corrected chi connectivity index (χ0v) is 11.3. The van der Waals surface area contributed by atoms with Crippen LogP contribution in [0.1, 0.15) is 13.3 Å². The first kappa shape index (κ1) is 14.8. The van der Waals surface area contributed by atoms with Gasteiger partial charge in [0.1, 0.15) is 5.75 Å². The Bertz CT molecular complexity index is 372. The van der Waals surface area contributed by atoms with E-state index in [0.717, 1.165) is 19.5 Å². The topological polar surface area (TPSA) is 50.4 Å². The standard InChI is InChI=1S/C13H19ClN2O2/c1-2-7-15-8-9-16-13(17)10-18-12-6-4-3-5-11(12)14/h3-6,15H,2,7-10H2,1H3,(H,16,17). The minimum absolute atomic E-state index is 0.0164. The van der Waals surface area contributed by atoms with Gasteiger partial charge in [-0.2, -0.15) is 0 Å². The average molecular weight is 271 g/mol. The van der Waals surface area contributed by atoms with Gasteiger partial charge in [-0.25, -0.2) is 0 Å². The summed E-state index contributed by atoms with van der Waals surface area (Å²) in [6, 6.07) is 7.09. The maximum absolute atomic E-state index is 11.5. The predicted molar refractivity (Wildman–Crippen MR) is 73.1 cm³/mol. The lowest BCUT2D eigenvalue weighted by atomic mass is 10.3. The molecule has 1 rings (SSSR count). The van der Waals surface area contributed by atoms with Crippen LogP contribution in [0.3, 0.4) is 0 Å². The van der Waals surface area contributed by atoms with Crippen LogP contribution >= 0.6 is 11.6 Å². The average Bonchev–Trinajstić information content (AvgIpc) is 2.37. The Morgan fingerprint density at radius 1 is 1.28 bits per heavy atom. The number of para-hydroxylation sites is 1. The second-order valence-electron chi connectivity index (χ2n) is 3.82. The molecule has 5 heteroatoms. The van der Waals surface area contributed by atoms with Crippen LogP contribution in [0.4, 0.5) is 0 Å². The first-order valence-corrected chi connectivity index (χ1v) is 6.46. The van der Waals surface area contributed by atoms with Gasteiger partial charge in [0.2, 0.25) is 0 Å².